The maximum absolute atomic E-state index is 14.9. The van der Waals surface area contributed by atoms with E-state index in [4.69, 9.17) is 14.7 Å². The maximum Gasteiger partial charge on any atom is 0.407 e. The molecule has 0 spiro atoms. The van der Waals surface area contributed by atoms with Crippen molar-refractivity contribution >= 4 is 47.8 Å². The van der Waals surface area contributed by atoms with Crippen molar-refractivity contribution in [2.24, 2.45) is 11.8 Å². The van der Waals surface area contributed by atoms with Crippen LogP contribution in [-0.4, -0.2) is 112 Å². The average molecular weight is 829 g/mol. The van der Waals surface area contributed by atoms with Crippen LogP contribution < -0.4 is 10.6 Å². The number of halogens is 2. The number of hydrogen-bond acceptors (Lipinski definition) is 8. The molecular weight excluding hydrogens is 775 g/mol. The van der Waals surface area contributed by atoms with Crippen LogP contribution in [0.4, 0.5) is 13.6 Å². The van der Waals surface area contributed by atoms with E-state index in [-0.39, 0.29) is 30.3 Å². The molecule has 314 valence electrons. The molecule has 3 amide bonds. The fourth-order valence-corrected chi connectivity index (χ4v) is 11.4. The number of likely N-dealkylation sites (tertiary alicyclic amines) is 1. The number of nitrogens with zero attached hydrogens (tertiary/aromatic N) is 4. The Hall–Kier alpha value is -5.19. The van der Waals surface area contributed by atoms with Gasteiger partial charge in [-0.3, -0.25) is 14.5 Å². The number of aliphatic hydroxyl groups is 1. The molecule has 0 saturated carbocycles. The Balaban J connectivity index is 1.09. The van der Waals surface area contributed by atoms with Crippen LogP contribution >= 0.6 is 0 Å². The number of aromatic amines is 2. The smallest absolute Gasteiger partial charge is 0.407 e. The van der Waals surface area contributed by atoms with Crippen molar-refractivity contribution < 1.29 is 33.0 Å². The number of imidazole rings is 2. The standard InChI is InChI=1S/C43H54F2N8O5Si/c1-24(2)33(47-36(55)20-54)19-52-22-43(44,45)17-34(52)40-48-31-15-13-29-16-28(12-14-30(29)38(31)50-40)26-8-10-27(11-9-26)32-18-46-39(49-32)35-21-59(6,7)23-53(35)41(56)37(25(3)4)51-42(57)58-5/h8-16,18,24-25,33-35,37,54H,17,19-23H2,1-7H3,(H,46,49)(H,47,55)(H,48,50)(H,51,57)/t33-,34+,35+,37+/m1/s1. The van der Waals surface area contributed by atoms with Gasteiger partial charge in [0.2, 0.25) is 11.8 Å². The van der Waals surface area contributed by atoms with E-state index in [2.05, 4.69) is 51.9 Å². The summed E-state index contributed by atoms with van der Waals surface area (Å²) in [6.07, 6.45) is 1.44. The van der Waals surface area contributed by atoms with E-state index in [1.807, 2.05) is 69.0 Å². The molecule has 5 N–H and O–H groups in total. The minimum absolute atomic E-state index is 0.0349. The topological polar surface area (TPSA) is 169 Å². The molecule has 16 heteroatoms. The van der Waals surface area contributed by atoms with Crippen molar-refractivity contribution in [1.82, 2.24) is 40.4 Å². The van der Waals surface area contributed by atoms with E-state index >= 15 is 0 Å². The lowest BCUT2D eigenvalue weighted by Crippen LogP contribution is -2.52. The van der Waals surface area contributed by atoms with Gasteiger partial charge in [0.1, 0.15) is 24.3 Å². The van der Waals surface area contributed by atoms with Crippen LogP contribution in [0.5, 0.6) is 0 Å². The average Bonchev–Trinajstić information content (AvgIpc) is 3.99. The molecule has 0 unspecified atom stereocenters. The van der Waals surface area contributed by atoms with Gasteiger partial charge in [0.15, 0.2) is 0 Å². The summed E-state index contributed by atoms with van der Waals surface area (Å²) in [6, 6.07) is 17.1. The zero-order valence-corrected chi connectivity index (χ0v) is 35.6. The molecule has 7 rings (SSSR count). The Bertz CT molecular complexity index is 2350. The minimum atomic E-state index is -2.92. The summed E-state index contributed by atoms with van der Waals surface area (Å²) in [7, 11) is -0.482. The zero-order valence-electron chi connectivity index (χ0n) is 34.6. The molecule has 0 radical (unpaired) electrons. The van der Waals surface area contributed by atoms with E-state index in [1.165, 1.54) is 7.11 Å². The highest BCUT2D eigenvalue weighted by atomic mass is 28.3. The van der Waals surface area contributed by atoms with Crippen LogP contribution in [0.25, 0.3) is 44.2 Å². The van der Waals surface area contributed by atoms with Crippen LogP contribution in [-0.2, 0) is 14.3 Å². The van der Waals surface area contributed by atoms with Gasteiger partial charge >= 0.3 is 6.09 Å². The fourth-order valence-electron chi connectivity index (χ4n) is 8.55. The number of rotatable bonds is 12. The number of methoxy groups -OCH3 is 1. The van der Waals surface area contributed by atoms with Crippen LogP contribution in [0.2, 0.25) is 19.1 Å². The van der Waals surface area contributed by atoms with Crippen molar-refractivity contribution in [3.8, 4) is 22.4 Å². The van der Waals surface area contributed by atoms with Gasteiger partial charge in [0, 0.05) is 30.6 Å². The minimum Gasteiger partial charge on any atom is -0.453 e. The summed E-state index contributed by atoms with van der Waals surface area (Å²) in [4.78, 5) is 57.9. The SMILES string of the molecule is COC(=O)N[C@H](C(=O)N1C[Si](C)(C)C[C@H]1c1ncc(-c2ccc(-c3ccc4c(ccc5[nH]c([C@@H]6CC(F)(F)CN6C[C@@H](NC(=O)CO)C(C)C)nc54)c3)cc2)[nH]1)C(C)C. The Kier molecular flexibility index (Phi) is 11.7. The Morgan fingerprint density at radius 1 is 0.949 bits per heavy atom. The van der Waals surface area contributed by atoms with Gasteiger partial charge in [0.05, 0.1) is 56.7 Å². The summed E-state index contributed by atoms with van der Waals surface area (Å²) >= 11 is 0. The van der Waals surface area contributed by atoms with Crippen LogP contribution in [0.1, 0.15) is 57.8 Å². The second-order valence-electron chi connectivity index (χ2n) is 17.6. The molecule has 2 aromatic heterocycles. The monoisotopic (exact) mass is 828 g/mol. The summed E-state index contributed by atoms with van der Waals surface area (Å²) in [5, 5.41) is 16.6. The molecular formula is C43H54F2N8O5Si. The molecule has 2 aliphatic heterocycles. The van der Waals surface area contributed by atoms with Gasteiger partial charge in [-0.05, 0) is 52.1 Å². The number of benzene rings is 3. The number of nitrogens with one attached hydrogen (secondary N) is 4. The quantitative estimate of drug-likeness (QED) is 0.0857. The van der Waals surface area contributed by atoms with Crippen molar-refractivity contribution in [3.05, 3.63) is 72.4 Å². The number of aliphatic hydroxyl groups excluding tert-OH is 1. The van der Waals surface area contributed by atoms with Gasteiger partial charge in [-0.1, -0.05) is 83.3 Å². The second kappa shape index (κ2) is 16.5. The number of aromatic nitrogens is 4. The van der Waals surface area contributed by atoms with E-state index in [1.54, 1.807) is 11.1 Å². The van der Waals surface area contributed by atoms with E-state index in [0.29, 0.717) is 17.5 Å². The molecule has 2 aliphatic rings. The second-order valence-corrected chi connectivity index (χ2v) is 22.6. The fraction of sp³-hybridized carbons (Fsp3) is 0.465. The van der Waals surface area contributed by atoms with E-state index < -0.39 is 63.7 Å². The Labute approximate surface area is 343 Å². The lowest BCUT2D eigenvalue weighted by molar-refractivity contribution is -0.135. The number of hydrogen-bond donors (Lipinski definition) is 5. The summed E-state index contributed by atoms with van der Waals surface area (Å²) in [5.41, 5.74) is 5.24. The molecule has 4 atom stereocenters. The number of ether oxygens (including phenoxy) is 1. The largest absolute Gasteiger partial charge is 0.453 e. The molecule has 59 heavy (non-hydrogen) atoms. The normalized spacial score (nSPS) is 20.1. The number of alkyl carbamates (subject to hydrolysis) is 1. The highest BCUT2D eigenvalue weighted by molar-refractivity contribution is 6.78. The Morgan fingerprint density at radius 2 is 1.66 bits per heavy atom. The Morgan fingerprint density at radius 3 is 2.34 bits per heavy atom. The lowest BCUT2D eigenvalue weighted by Gasteiger charge is -2.30. The third-order valence-corrected chi connectivity index (χ3v) is 14.4. The summed E-state index contributed by atoms with van der Waals surface area (Å²) in [6.45, 7) is 11.2. The van der Waals surface area contributed by atoms with Gasteiger partial charge in [-0.15, -0.1) is 0 Å². The van der Waals surface area contributed by atoms with E-state index in [0.717, 1.165) is 50.5 Å². The lowest BCUT2D eigenvalue weighted by atomic mass is 9.99. The number of alkyl halides is 2. The number of carbonyl (C=O) groups excluding carboxylic acids is 3. The first kappa shape index (κ1) is 41.9. The van der Waals surface area contributed by atoms with Gasteiger partial charge < -0.3 is 35.3 Å². The van der Waals surface area contributed by atoms with Crippen molar-refractivity contribution in [1.29, 1.82) is 0 Å². The number of amides is 3. The van der Waals surface area contributed by atoms with Crippen LogP contribution in [0.15, 0.2) is 60.8 Å². The number of carbonyl (C=O) groups is 3. The first-order valence-electron chi connectivity index (χ1n) is 20.2. The van der Waals surface area contributed by atoms with Crippen molar-refractivity contribution in [2.75, 3.05) is 33.0 Å². The number of fused-ring (bicyclic) bond motifs is 3. The third-order valence-electron chi connectivity index (χ3n) is 11.7. The van der Waals surface area contributed by atoms with Gasteiger partial charge in [-0.25, -0.2) is 23.5 Å². The predicted octanol–water partition coefficient (Wildman–Crippen LogP) is 6.80. The first-order chi connectivity index (χ1) is 28.0. The highest BCUT2D eigenvalue weighted by Crippen LogP contribution is 2.42. The molecule has 4 heterocycles. The highest BCUT2D eigenvalue weighted by Gasteiger charge is 2.48. The molecule has 2 fully saturated rings. The maximum atomic E-state index is 14.9. The predicted molar refractivity (Wildman–Crippen MR) is 225 cm³/mol. The van der Waals surface area contributed by atoms with Gasteiger partial charge in [0.25, 0.3) is 5.92 Å². The first-order valence-corrected chi connectivity index (χ1v) is 23.6. The summed E-state index contributed by atoms with van der Waals surface area (Å²) < 4.78 is 34.6. The van der Waals surface area contributed by atoms with Crippen molar-refractivity contribution in [3.63, 3.8) is 0 Å². The van der Waals surface area contributed by atoms with Crippen LogP contribution in [0.3, 0.4) is 0 Å². The summed E-state index contributed by atoms with van der Waals surface area (Å²) in [5.74, 6) is -2.58. The molecule has 2 saturated heterocycles. The van der Waals surface area contributed by atoms with Gasteiger partial charge in [-0.2, -0.15) is 0 Å². The molecule has 0 bridgehead atoms. The van der Waals surface area contributed by atoms with E-state index in [9.17, 15) is 28.3 Å². The molecule has 5 aromatic rings. The molecule has 0 aliphatic carbocycles. The third kappa shape index (κ3) is 8.89. The molecule has 3 aromatic carbocycles. The zero-order chi connectivity index (χ0) is 42.4. The number of H-pyrrole nitrogens is 2. The molecule has 13 nitrogen and oxygen atoms in total. The van der Waals surface area contributed by atoms with Crippen LogP contribution in [0, 0.1) is 11.8 Å². The van der Waals surface area contributed by atoms with Crippen molar-refractivity contribution in [2.45, 2.75) is 83.3 Å².